The van der Waals surface area contributed by atoms with Crippen LogP contribution < -0.4 is 10.6 Å². The zero-order valence-corrected chi connectivity index (χ0v) is 6.02. The fraction of sp³-hybridized carbons (Fsp3) is 0.833. The molecule has 2 amide bonds. The minimum atomic E-state index is -0.174. The Morgan fingerprint density at radius 2 is 2.50 bits per heavy atom. The highest BCUT2D eigenvalue weighted by Crippen LogP contribution is 2.08. The standard InChI is InChI=1S/C6H12N2O2/c1-7-6(9)8-5-3-2-4-10-5/h5H,2-4H2,1H3,(H2,7,8,9). The Labute approximate surface area is 59.9 Å². The van der Waals surface area contributed by atoms with E-state index in [1.165, 1.54) is 0 Å². The molecular weight excluding hydrogens is 132 g/mol. The van der Waals surface area contributed by atoms with Crippen LogP contribution in [0.2, 0.25) is 0 Å². The summed E-state index contributed by atoms with van der Waals surface area (Å²) >= 11 is 0. The highest BCUT2D eigenvalue weighted by molar-refractivity contribution is 5.73. The number of hydrogen-bond acceptors (Lipinski definition) is 2. The predicted molar refractivity (Wildman–Crippen MR) is 36.6 cm³/mol. The summed E-state index contributed by atoms with van der Waals surface area (Å²) < 4.78 is 5.15. The molecule has 1 rings (SSSR count). The molecule has 0 aliphatic carbocycles. The first-order valence-electron chi connectivity index (χ1n) is 3.43. The van der Waals surface area contributed by atoms with Gasteiger partial charge in [-0.15, -0.1) is 0 Å². The lowest BCUT2D eigenvalue weighted by Gasteiger charge is -2.10. The molecule has 1 aliphatic rings. The molecule has 58 valence electrons. The maximum absolute atomic E-state index is 10.7. The van der Waals surface area contributed by atoms with Gasteiger partial charge in [0.05, 0.1) is 0 Å². The molecule has 1 saturated heterocycles. The second kappa shape index (κ2) is 3.41. The normalized spacial score (nSPS) is 24.3. The molecule has 0 saturated carbocycles. The van der Waals surface area contributed by atoms with Crippen LogP contribution in [0.15, 0.2) is 0 Å². The van der Waals surface area contributed by atoms with Gasteiger partial charge < -0.3 is 15.4 Å². The number of ether oxygens (including phenoxy) is 1. The molecule has 0 aromatic carbocycles. The second-order valence-electron chi connectivity index (χ2n) is 2.23. The summed E-state index contributed by atoms with van der Waals surface area (Å²) in [6.07, 6.45) is 1.89. The lowest BCUT2D eigenvalue weighted by molar-refractivity contribution is 0.0910. The number of urea groups is 1. The van der Waals surface area contributed by atoms with Gasteiger partial charge in [-0.2, -0.15) is 0 Å². The van der Waals surface area contributed by atoms with Gasteiger partial charge in [0.2, 0.25) is 0 Å². The summed E-state index contributed by atoms with van der Waals surface area (Å²) in [5.41, 5.74) is 0. The highest BCUT2D eigenvalue weighted by Gasteiger charge is 2.16. The van der Waals surface area contributed by atoms with Crippen LogP contribution in [-0.4, -0.2) is 25.9 Å². The summed E-state index contributed by atoms with van der Waals surface area (Å²) in [7, 11) is 1.59. The molecule has 0 radical (unpaired) electrons. The van der Waals surface area contributed by atoms with Crippen molar-refractivity contribution in [1.82, 2.24) is 10.6 Å². The van der Waals surface area contributed by atoms with E-state index in [1.54, 1.807) is 7.05 Å². The molecule has 1 atom stereocenters. The number of hydrogen-bond donors (Lipinski definition) is 2. The second-order valence-corrected chi connectivity index (χ2v) is 2.23. The van der Waals surface area contributed by atoms with Crippen molar-refractivity contribution in [2.75, 3.05) is 13.7 Å². The molecule has 0 aromatic rings. The third kappa shape index (κ3) is 1.88. The van der Waals surface area contributed by atoms with Crippen LogP contribution in [0.4, 0.5) is 4.79 Å². The molecule has 1 fully saturated rings. The van der Waals surface area contributed by atoms with Crippen molar-refractivity contribution in [2.24, 2.45) is 0 Å². The van der Waals surface area contributed by atoms with E-state index in [4.69, 9.17) is 4.74 Å². The van der Waals surface area contributed by atoms with Crippen LogP contribution in [-0.2, 0) is 4.74 Å². The first kappa shape index (κ1) is 7.34. The number of amides is 2. The van der Waals surface area contributed by atoms with Crippen molar-refractivity contribution in [1.29, 1.82) is 0 Å². The summed E-state index contributed by atoms with van der Waals surface area (Å²) in [5, 5.41) is 5.12. The van der Waals surface area contributed by atoms with Crippen LogP contribution in [0.1, 0.15) is 12.8 Å². The molecule has 1 aliphatic heterocycles. The van der Waals surface area contributed by atoms with Crippen LogP contribution in [0, 0.1) is 0 Å². The van der Waals surface area contributed by atoms with Gasteiger partial charge in [-0.05, 0) is 12.8 Å². The topological polar surface area (TPSA) is 50.4 Å². The average molecular weight is 144 g/mol. The minimum absolute atomic E-state index is 0.0695. The Kier molecular flexibility index (Phi) is 2.50. The van der Waals surface area contributed by atoms with Crippen molar-refractivity contribution in [3.8, 4) is 0 Å². The van der Waals surface area contributed by atoms with Gasteiger partial charge in [-0.1, -0.05) is 0 Å². The largest absolute Gasteiger partial charge is 0.358 e. The average Bonchev–Trinajstić information content (AvgIpc) is 2.40. The molecule has 0 aromatic heterocycles. The zero-order chi connectivity index (χ0) is 7.40. The number of nitrogens with one attached hydrogen (secondary N) is 2. The third-order valence-corrected chi connectivity index (χ3v) is 1.45. The molecule has 0 spiro atoms. The first-order valence-corrected chi connectivity index (χ1v) is 3.43. The van der Waals surface area contributed by atoms with Crippen molar-refractivity contribution in [3.63, 3.8) is 0 Å². The third-order valence-electron chi connectivity index (χ3n) is 1.45. The quantitative estimate of drug-likeness (QED) is 0.546. The zero-order valence-electron chi connectivity index (χ0n) is 6.02. The number of carbonyl (C=O) groups excluding carboxylic acids is 1. The van der Waals surface area contributed by atoms with E-state index in [9.17, 15) is 4.79 Å². The molecular formula is C6H12N2O2. The number of rotatable bonds is 1. The molecule has 2 N–H and O–H groups in total. The van der Waals surface area contributed by atoms with Gasteiger partial charge in [0.15, 0.2) is 0 Å². The maximum Gasteiger partial charge on any atom is 0.316 e. The van der Waals surface area contributed by atoms with Gasteiger partial charge >= 0.3 is 6.03 Å². The highest BCUT2D eigenvalue weighted by atomic mass is 16.5. The summed E-state index contributed by atoms with van der Waals surface area (Å²) in [6.45, 7) is 0.759. The van der Waals surface area contributed by atoms with E-state index >= 15 is 0 Å². The van der Waals surface area contributed by atoms with Crippen molar-refractivity contribution in [2.45, 2.75) is 19.1 Å². The SMILES string of the molecule is CNC(=O)NC1CCCO1. The Morgan fingerprint density at radius 3 is 3.00 bits per heavy atom. The van der Waals surface area contributed by atoms with Gasteiger partial charge in [-0.25, -0.2) is 4.79 Å². The van der Waals surface area contributed by atoms with Crippen LogP contribution in [0.3, 0.4) is 0 Å². The van der Waals surface area contributed by atoms with E-state index in [1.807, 2.05) is 0 Å². The fourth-order valence-electron chi connectivity index (χ4n) is 0.910. The van der Waals surface area contributed by atoms with Crippen LogP contribution >= 0.6 is 0 Å². The molecule has 10 heavy (non-hydrogen) atoms. The van der Waals surface area contributed by atoms with E-state index < -0.39 is 0 Å². The predicted octanol–water partition coefficient (Wildman–Crippen LogP) is 0.0519. The van der Waals surface area contributed by atoms with Crippen LogP contribution in [0.5, 0.6) is 0 Å². The van der Waals surface area contributed by atoms with E-state index in [0.29, 0.717) is 0 Å². The summed E-state index contributed by atoms with van der Waals surface area (Å²) in [6, 6.07) is -0.174. The molecule has 1 unspecified atom stereocenters. The smallest absolute Gasteiger partial charge is 0.316 e. The van der Waals surface area contributed by atoms with E-state index in [0.717, 1.165) is 19.4 Å². The van der Waals surface area contributed by atoms with Gasteiger partial charge in [0.1, 0.15) is 6.23 Å². The van der Waals surface area contributed by atoms with Gasteiger partial charge in [-0.3, -0.25) is 0 Å². The Balaban J connectivity index is 2.17. The molecule has 1 heterocycles. The first-order chi connectivity index (χ1) is 4.83. The van der Waals surface area contributed by atoms with Gasteiger partial charge in [0, 0.05) is 13.7 Å². The van der Waals surface area contributed by atoms with Crippen LogP contribution in [0.25, 0.3) is 0 Å². The minimum Gasteiger partial charge on any atom is -0.358 e. The Bertz CT molecular complexity index is 121. The van der Waals surface area contributed by atoms with Crippen molar-refractivity contribution >= 4 is 6.03 Å². The fourth-order valence-corrected chi connectivity index (χ4v) is 0.910. The lowest BCUT2D eigenvalue weighted by atomic mass is 10.3. The molecule has 4 nitrogen and oxygen atoms in total. The van der Waals surface area contributed by atoms with Crippen molar-refractivity contribution < 1.29 is 9.53 Å². The monoisotopic (exact) mass is 144 g/mol. The Morgan fingerprint density at radius 1 is 1.70 bits per heavy atom. The molecule has 0 bridgehead atoms. The van der Waals surface area contributed by atoms with Gasteiger partial charge in [0.25, 0.3) is 0 Å². The van der Waals surface area contributed by atoms with E-state index in [-0.39, 0.29) is 12.3 Å². The number of carbonyl (C=O) groups is 1. The van der Waals surface area contributed by atoms with Crippen molar-refractivity contribution in [3.05, 3.63) is 0 Å². The Hall–Kier alpha value is -0.770. The lowest BCUT2D eigenvalue weighted by Crippen LogP contribution is -2.39. The molecule has 4 heteroatoms. The maximum atomic E-state index is 10.7. The summed E-state index contributed by atoms with van der Waals surface area (Å²) in [4.78, 5) is 10.7. The summed E-state index contributed by atoms with van der Waals surface area (Å²) in [5.74, 6) is 0. The van der Waals surface area contributed by atoms with E-state index in [2.05, 4.69) is 10.6 Å².